The summed E-state index contributed by atoms with van der Waals surface area (Å²) in [5.41, 5.74) is 12.5. The zero-order valence-corrected chi connectivity index (χ0v) is 12.4. The maximum Gasteiger partial charge on any atom is 0.182 e. The first-order valence-electron chi connectivity index (χ1n) is 7.38. The number of anilines is 1. The third-order valence-electron chi connectivity index (χ3n) is 3.96. The molecule has 0 saturated heterocycles. The highest BCUT2D eigenvalue weighted by Gasteiger charge is 2.15. The Morgan fingerprint density at radius 2 is 1.48 bits per heavy atom. The van der Waals surface area contributed by atoms with Gasteiger partial charge in [-0.1, -0.05) is 48.5 Å². The van der Waals surface area contributed by atoms with Gasteiger partial charge in [0.25, 0.3) is 0 Å². The molecular weight excluding hydrogens is 286 g/mol. The summed E-state index contributed by atoms with van der Waals surface area (Å²) in [6, 6.07) is 17.3. The summed E-state index contributed by atoms with van der Waals surface area (Å²) in [6.07, 6.45) is 4.03. The number of imidazole rings is 1. The number of hydrogen-bond acceptors (Lipinski definition) is 4. The number of aromatic amines is 1. The predicted octanol–water partition coefficient (Wildman–Crippen LogP) is 3.19. The molecule has 0 saturated carbocycles. The molecule has 2 aromatic carbocycles. The SMILES string of the molecule is Nc1ncnc2nc[nH]c12.c1ccc2c(c1)Cc1ccccc1-2. The maximum absolute atomic E-state index is 5.48. The molecule has 2 heterocycles. The fourth-order valence-electron chi connectivity index (χ4n) is 2.86. The van der Waals surface area contributed by atoms with E-state index in [9.17, 15) is 0 Å². The highest BCUT2D eigenvalue weighted by molar-refractivity contribution is 5.80. The van der Waals surface area contributed by atoms with E-state index in [0.717, 1.165) is 6.42 Å². The number of nitrogens with two attached hydrogens (primary N) is 1. The molecule has 0 unspecified atom stereocenters. The molecule has 0 amide bonds. The van der Waals surface area contributed by atoms with Gasteiger partial charge < -0.3 is 10.7 Å². The Kier molecular flexibility index (Phi) is 3.24. The molecule has 5 heteroatoms. The van der Waals surface area contributed by atoms with Crippen molar-refractivity contribution in [3.05, 3.63) is 72.3 Å². The van der Waals surface area contributed by atoms with Crippen LogP contribution >= 0.6 is 0 Å². The maximum atomic E-state index is 5.48. The van der Waals surface area contributed by atoms with E-state index in [-0.39, 0.29) is 0 Å². The smallest absolute Gasteiger partial charge is 0.182 e. The molecule has 0 aliphatic heterocycles. The predicted molar refractivity (Wildman–Crippen MR) is 90.8 cm³/mol. The fourth-order valence-corrected chi connectivity index (χ4v) is 2.86. The van der Waals surface area contributed by atoms with Gasteiger partial charge in [0.2, 0.25) is 0 Å². The molecule has 0 fully saturated rings. The van der Waals surface area contributed by atoms with Crippen molar-refractivity contribution in [3.8, 4) is 11.1 Å². The Morgan fingerprint density at radius 3 is 2.13 bits per heavy atom. The standard InChI is InChI=1S/C13H10.C5H5N5/c1-3-7-12-10(5-1)9-11-6-2-4-8-13(11)12;6-4-3-5(9-1-7-3)10-2-8-4/h1-8H,9H2;1-2H,(H3,6,7,8,9,10). The van der Waals surface area contributed by atoms with Crippen molar-refractivity contribution in [1.82, 2.24) is 19.9 Å². The highest BCUT2D eigenvalue weighted by Crippen LogP contribution is 2.35. The van der Waals surface area contributed by atoms with Crippen LogP contribution in [0.1, 0.15) is 11.1 Å². The van der Waals surface area contributed by atoms with Gasteiger partial charge in [-0.15, -0.1) is 0 Å². The van der Waals surface area contributed by atoms with E-state index in [4.69, 9.17) is 5.73 Å². The third kappa shape index (κ3) is 2.42. The van der Waals surface area contributed by atoms with Crippen LogP contribution in [-0.4, -0.2) is 19.9 Å². The zero-order valence-electron chi connectivity index (χ0n) is 12.4. The molecule has 0 radical (unpaired) electrons. The molecule has 1 aliphatic carbocycles. The fraction of sp³-hybridized carbons (Fsp3) is 0.0556. The highest BCUT2D eigenvalue weighted by atomic mass is 15.0. The van der Waals surface area contributed by atoms with Gasteiger partial charge in [-0.2, -0.15) is 0 Å². The van der Waals surface area contributed by atoms with Crippen molar-refractivity contribution in [3.63, 3.8) is 0 Å². The lowest BCUT2D eigenvalue weighted by Gasteiger charge is -1.98. The number of benzene rings is 2. The molecule has 0 atom stereocenters. The minimum atomic E-state index is 0.433. The van der Waals surface area contributed by atoms with Crippen LogP contribution in [0.15, 0.2) is 61.2 Å². The van der Waals surface area contributed by atoms with Crippen LogP contribution in [0.5, 0.6) is 0 Å². The minimum absolute atomic E-state index is 0.433. The third-order valence-corrected chi connectivity index (χ3v) is 3.96. The number of nitrogens with zero attached hydrogens (tertiary/aromatic N) is 3. The minimum Gasteiger partial charge on any atom is -0.382 e. The van der Waals surface area contributed by atoms with Crippen LogP contribution in [0.2, 0.25) is 0 Å². The van der Waals surface area contributed by atoms with Crippen molar-refractivity contribution < 1.29 is 0 Å². The Bertz CT molecular complexity index is 930. The van der Waals surface area contributed by atoms with Gasteiger partial charge in [-0.05, 0) is 28.7 Å². The molecule has 112 valence electrons. The number of aromatic nitrogens is 4. The summed E-state index contributed by atoms with van der Waals surface area (Å²) in [7, 11) is 0. The lowest BCUT2D eigenvalue weighted by Crippen LogP contribution is -1.91. The molecule has 5 rings (SSSR count). The summed E-state index contributed by atoms with van der Waals surface area (Å²) >= 11 is 0. The van der Waals surface area contributed by atoms with Gasteiger partial charge >= 0.3 is 0 Å². The van der Waals surface area contributed by atoms with Crippen molar-refractivity contribution in [2.24, 2.45) is 0 Å². The molecule has 0 bridgehead atoms. The second kappa shape index (κ2) is 5.53. The molecule has 4 aromatic rings. The zero-order chi connectivity index (χ0) is 15.6. The van der Waals surface area contributed by atoms with Crippen molar-refractivity contribution in [2.75, 3.05) is 5.73 Å². The van der Waals surface area contributed by atoms with Crippen LogP contribution in [0.4, 0.5) is 5.82 Å². The van der Waals surface area contributed by atoms with Crippen LogP contribution < -0.4 is 5.73 Å². The molecule has 23 heavy (non-hydrogen) atoms. The summed E-state index contributed by atoms with van der Waals surface area (Å²) in [4.78, 5) is 14.4. The van der Waals surface area contributed by atoms with Gasteiger partial charge in [0.05, 0.1) is 6.33 Å². The Balaban J connectivity index is 0.000000122. The van der Waals surface area contributed by atoms with Gasteiger partial charge in [-0.25, -0.2) is 15.0 Å². The van der Waals surface area contributed by atoms with Gasteiger partial charge in [0.15, 0.2) is 11.5 Å². The van der Waals surface area contributed by atoms with Crippen molar-refractivity contribution in [1.29, 1.82) is 0 Å². The average Bonchev–Trinajstić information content (AvgIpc) is 3.20. The first-order chi connectivity index (χ1) is 11.3. The lowest BCUT2D eigenvalue weighted by atomic mass is 10.1. The summed E-state index contributed by atoms with van der Waals surface area (Å²) in [6.45, 7) is 0. The van der Waals surface area contributed by atoms with E-state index in [0.29, 0.717) is 17.0 Å². The molecule has 1 aliphatic rings. The molecule has 2 aromatic heterocycles. The van der Waals surface area contributed by atoms with E-state index >= 15 is 0 Å². The second-order valence-electron chi connectivity index (χ2n) is 5.35. The molecule has 0 spiro atoms. The quantitative estimate of drug-likeness (QED) is 0.460. The Hall–Kier alpha value is -3.21. The van der Waals surface area contributed by atoms with Gasteiger partial charge in [-0.3, -0.25) is 0 Å². The monoisotopic (exact) mass is 301 g/mol. The summed E-state index contributed by atoms with van der Waals surface area (Å²) < 4.78 is 0. The topological polar surface area (TPSA) is 80.5 Å². The largest absolute Gasteiger partial charge is 0.382 e. The van der Waals surface area contributed by atoms with Crippen LogP contribution in [0, 0.1) is 0 Å². The Morgan fingerprint density at radius 1 is 0.826 bits per heavy atom. The van der Waals surface area contributed by atoms with Gasteiger partial charge in [0.1, 0.15) is 11.8 Å². The normalized spacial score (nSPS) is 11.5. The second-order valence-corrected chi connectivity index (χ2v) is 5.35. The van der Waals surface area contributed by atoms with Crippen LogP contribution in [-0.2, 0) is 6.42 Å². The number of rotatable bonds is 0. The number of H-pyrrole nitrogens is 1. The van der Waals surface area contributed by atoms with Crippen molar-refractivity contribution >= 4 is 17.0 Å². The van der Waals surface area contributed by atoms with E-state index in [1.807, 2.05) is 0 Å². The lowest BCUT2D eigenvalue weighted by molar-refractivity contribution is 1.21. The Labute approximate surface area is 133 Å². The number of fused-ring (bicyclic) bond motifs is 4. The van der Waals surface area contributed by atoms with Crippen LogP contribution in [0.3, 0.4) is 0 Å². The summed E-state index contributed by atoms with van der Waals surface area (Å²) in [5, 5.41) is 0. The van der Waals surface area contributed by atoms with E-state index < -0.39 is 0 Å². The number of hydrogen-bond donors (Lipinski definition) is 2. The average molecular weight is 301 g/mol. The van der Waals surface area contributed by atoms with Crippen LogP contribution in [0.25, 0.3) is 22.3 Å². The summed E-state index contributed by atoms with van der Waals surface area (Å²) in [5.74, 6) is 0.433. The molecule has 5 nitrogen and oxygen atoms in total. The van der Waals surface area contributed by atoms with Crippen molar-refractivity contribution in [2.45, 2.75) is 6.42 Å². The first-order valence-corrected chi connectivity index (χ1v) is 7.38. The van der Waals surface area contributed by atoms with E-state index in [2.05, 4.69) is 68.5 Å². The first kappa shape index (κ1) is 13.5. The van der Waals surface area contributed by atoms with E-state index in [1.165, 1.54) is 34.9 Å². The number of nitrogens with one attached hydrogen (secondary N) is 1. The number of nitrogen functional groups attached to an aromatic ring is 1. The molecular formula is C18H15N5. The van der Waals surface area contributed by atoms with Gasteiger partial charge in [0, 0.05) is 0 Å². The van der Waals surface area contributed by atoms with E-state index in [1.54, 1.807) is 0 Å². The molecule has 3 N–H and O–H groups in total.